The van der Waals surface area contributed by atoms with Gasteiger partial charge in [0.2, 0.25) is 5.16 Å². The maximum Gasteiger partial charge on any atom is 0.303 e. The van der Waals surface area contributed by atoms with Crippen LogP contribution in [0, 0.1) is 0 Å². The summed E-state index contributed by atoms with van der Waals surface area (Å²) in [6, 6.07) is 0.415. The molecule has 1 unspecified atom stereocenters. The second-order valence-electron chi connectivity index (χ2n) is 5.06. The molecule has 7 heteroatoms. The van der Waals surface area contributed by atoms with Crippen LogP contribution in [0.25, 0.3) is 0 Å². The van der Waals surface area contributed by atoms with E-state index in [-0.39, 0.29) is 11.7 Å². The summed E-state index contributed by atoms with van der Waals surface area (Å²) in [5.41, 5.74) is 0. The number of thioether (sulfide) groups is 1. The van der Waals surface area contributed by atoms with E-state index in [9.17, 15) is 4.79 Å². The number of hydrogen-bond donors (Lipinski definition) is 1. The van der Waals surface area contributed by atoms with Gasteiger partial charge in [0.05, 0.1) is 6.04 Å². The Morgan fingerprint density at radius 1 is 1.47 bits per heavy atom. The molecule has 1 aromatic rings. The smallest absolute Gasteiger partial charge is 0.303 e. The van der Waals surface area contributed by atoms with Crippen LogP contribution in [-0.4, -0.2) is 36.5 Å². The number of tetrazole rings is 1. The van der Waals surface area contributed by atoms with Gasteiger partial charge in [-0.1, -0.05) is 37.9 Å². The molecule has 6 nitrogen and oxygen atoms in total. The van der Waals surface area contributed by atoms with Crippen LogP contribution in [-0.2, 0) is 4.79 Å². The van der Waals surface area contributed by atoms with Gasteiger partial charge in [-0.05, 0) is 29.7 Å². The number of carboxylic acids is 1. The van der Waals surface area contributed by atoms with Gasteiger partial charge in [0.15, 0.2) is 0 Å². The number of rotatable bonds is 6. The second kappa shape index (κ2) is 6.88. The monoisotopic (exact) mass is 284 g/mol. The molecule has 1 fully saturated rings. The largest absolute Gasteiger partial charge is 0.481 e. The fourth-order valence-corrected chi connectivity index (χ4v) is 3.36. The molecule has 1 heterocycles. The van der Waals surface area contributed by atoms with Crippen LogP contribution in [0.5, 0.6) is 0 Å². The average Bonchev–Trinajstić information content (AvgIpc) is 2.85. The summed E-state index contributed by atoms with van der Waals surface area (Å²) >= 11 is 1.58. The van der Waals surface area contributed by atoms with E-state index in [0.717, 1.165) is 18.0 Å². The van der Waals surface area contributed by atoms with Gasteiger partial charge < -0.3 is 5.11 Å². The molecule has 1 aliphatic rings. The lowest BCUT2D eigenvalue weighted by Crippen LogP contribution is -2.16. The SMILES string of the molecule is CC(CCC(=O)O)Sc1nnnn1C1CCCCC1. The first-order valence-corrected chi connectivity index (χ1v) is 7.71. The zero-order valence-corrected chi connectivity index (χ0v) is 12.0. The molecule has 1 aliphatic carbocycles. The Morgan fingerprint density at radius 3 is 2.89 bits per heavy atom. The van der Waals surface area contributed by atoms with Crippen molar-refractivity contribution in [1.82, 2.24) is 20.2 Å². The lowest BCUT2D eigenvalue weighted by Gasteiger charge is -2.22. The zero-order valence-electron chi connectivity index (χ0n) is 11.2. The topological polar surface area (TPSA) is 80.9 Å². The lowest BCUT2D eigenvalue weighted by atomic mass is 9.96. The summed E-state index contributed by atoms with van der Waals surface area (Å²) < 4.78 is 1.93. The predicted octanol–water partition coefficient (Wildman–Crippen LogP) is 2.52. The predicted molar refractivity (Wildman–Crippen MR) is 72.1 cm³/mol. The third kappa shape index (κ3) is 4.19. The van der Waals surface area contributed by atoms with Crippen molar-refractivity contribution >= 4 is 17.7 Å². The van der Waals surface area contributed by atoms with Crippen LogP contribution < -0.4 is 0 Å². The summed E-state index contributed by atoms with van der Waals surface area (Å²) in [6.07, 6.45) is 6.89. The van der Waals surface area contributed by atoms with Gasteiger partial charge in [-0.2, -0.15) is 0 Å². The summed E-state index contributed by atoms with van der Waals surface area (Å²) in [6.45, 7) is 2.02. The minimum Gasteiger partial charge on any atom is -0.481 e. The normalized spacial score (nSPS) is 18.4. The van der Waals surface area contributed by atoms with Crippen molar-refractivity contribution in [3.63, 3.8) is 0 Å². The molecule has 0 aliphatic heterocycles. The van der Waals surface area contributed by atoms with Gasteiger partial charge in [0.1, 0.15) is 0 Å². The van der Waals surface area contributed by atoms with E-state index in [4.69, 9.17) is 5.11 Å². The lowest BCUT2D eigenvalue weighted by molar-refractivity contribution is -0.137. The summed E-state index contributed by atoms with van der Waals surface area (Å²) in [5, 5.41) is 21.7. The molecule has 106 valence electrons. The minimum absolute atomic E-state index is 0.194. The summed E-state index contributed by atoms with van der Waals surface area (Å²) in [7, 11) is 0. The van der Waals surface area contributed by atoms with Gasteiger partial charge >= 0.3 is 5.97 Å². The molecule has 0 aromatic carbocycles. The van der Waals surface area contributed by atoms with Crippen molar-refractivity contribution < 1.29 is 9.90 Å². The first-order chi connectivity index (χ1) is 9.16. The Labute approximate surface area is 117 Å². The molecule has 19 heavy (non-hydrogen) atoms. The highest BCUT2D eigenvalue weighted by Gasteiger charge is 2.21. The van der Waals surface area contributed by atoms with Crippen molar-refractivity contribution in [3.05, 3.63) is 0 Å². The van der Waals surface area contributed by atoms with Crippen molar-refractivity contribution in [2.24, 2.45) is 0 Å². The highest BCUT2D eigenvalue weighted by Crippen LogP contribution is 2.32. The first-order valence-electron chi connectivity index (χ1n) is 6.83. The molecule has 2 rings (SSSR count). The molecule has 0 spiro atoms. The number of hydrogen-bond acceptors (Lipinski definition) is 5. The Balaban J connectivity index is 1.93. The molecule has 1 N–H and O–H groups in total. The van der Waals surface area contributed by atoms with Crippen LogP contribution in [0.4, 0.5) is 0 Å². The van der Waals surface area contributed by atoms with Crippen LogP contribution >= 0.6 is 11.8 Å². The van der Waals surface area contributed by atoms with Crippen molar-refractivity contribution in [1.29, 1.82) is 0 Å². The van der Waals surface area contributed by atoms with Gasteiger partial charge in [0.25, 0.3) is 0 Å². The van der Waals surface area contributed by atoms with E-state index >= 15 is 0 Å². The molecule has 1 atom stereocenters. The van der Waals surface area contributed by atoms with E-state index in [2.05, 4.69) is 15.5 Å². The molecule has 1 aromatic heterocycles. The van der Waals surface area contributed by atoms with E-state index < -0.39 is 5.97 Å². The second-order valence-corrected chi connectivity index (χ2v) is 6.46. The molecule has 0 saturated heterocycles. The standard InChI is InChI=1S/C12H20N4O2S/c1-9(7-8-11(17)18)19-12-13-14-15-16(12)10-5-3-2-4-6-10/h9-10H,2-8H2,1H3,(H,17,18). The van der Waals surface area contributed by atoms with Gasteiger partial charge in [0, 0.05) is 11.7 Å². The van der Waals surface area contributed by atoms with Gasteiger partial charge in [-0.3, -0.25) is 4.79 Å². The number of carboxylic acid groups (broad SMARTS) is 1. The molecular formula is C12H20N4O2S. The van der Waals surface area contributed by atoms with E-state index in [1.807, 2.05) is 11.6 Å². The van der Waals surface area contributed by atoms with Crippen molar-refractivity contribution in [2.75, 3.05) is 0 Å². The Morgan fingerprint density at radius 2 is 2.21 bits per heavy atom. The Bertz CT molecular complexity index is 418. The maximum absolute atomic E-state index is 10.6. The van der Waals surface area contributed by atoms with Gasteiger partial charge in [-0.25, -0.2) is 4.68 Å². The zero-order chi connectivity index (χ0) is 13.7. The summed E-state index contributed by atoms with van der Waals surface area (Å²) in [5.74, 6) is -0.751. The van der Waals surface area contributed by atoms with Crippen LogP contribution in [0.3, 0.4) is 0 Å². The third-order valence-corrected chi connectivity index (χ3v) is 4.57. The highest BCUT2D eigenvalue weighted by atomic mass is 32.2. The first kappa shape index (κ1) is 14.3. The number of carbonyl (C=O) groups is 1. The quantitative estimate of drug-likeness (QED) is 0.808. The van der Waals surface area contributed by atoms with E-state index in [1.54, 1.807) is 11.8 Å². The van der Waals surface area contributed by atoms with Gasteiger partial charge in [-0.15, -0.1) is 5.10 Å². The Hall–Kier alpha value is -1.11. The molecule has 0 radical (unpaired) electrons. The Kier molecular flexibility index (Phi) is 5.18. The number of aliphatic carboxylic acids is 1. The highest BCUT2D eigenvalue weighted by molar-refractivity contribution is 7.99. The van der Waals surface area contributed by atoms with Crippen LogP contribution in [0.2, 0.25) is 0 Å². The summed E-state index contributed by atoms with van der Waals surface area (Å²) in [4.78, 5) is 10.6. The average molecular weight is 284 g/mol. The van der Waals surface area contributed by atoms with Crippen molar-refractivity contribution in [2.45, 2.75) is 68.3 Å². The van der Waals surface area contributed by atoms with Crippen molar-refractivity contribution in [3.8, 4) is 0 Å². The minimum atomic E-state index is -0.751. The fourth-order valence-electron chi connectivity index (χ4n) is 2.38. The molecule has 1 saturated carbocycles. The van der Waals surface area contributed by atoms with Crippen LogP contribution in [0.1, 0.15) is 57.9 Å². The molecule has 0 bridgehead atoms. The fraction of sp³-hybridized carbons (Fsp3) is 0.833. The van der Waals surface area contributed by atoms with E-state index in [0.29, 0.717) is 12.5 Å². The van der Waals surface area contributed by atoms with Crippen LogP contribution in [0.15, 0.2) is 5.16 Å². The maximum atomic E-state index is 10.6. The van der Waals surface area contributed by atoms with E-state index in [1.165, 1.54) is 19.3 Å². The molecular weight excluding hydrogens is 264 g/mol. The number of nitrogens with zero attached hydrogens (tertiary/aromatic N) is 4. The molecule has 0 amide bonds. The third-order valence-electron chi connectivity index (χ3n) is 3.45. The number of aromatic nitrogens is 4.